The molecule has 0 aliphatic heterocycles. The highest BCUT2D eigenvalue weighted by molar-refractivity contribution is 5.90. The van der Waals surface area contributed by atoms with Gasteiger partial charge in [0.2, 0.25) is 0 Å². The molecule has 312 valence electrons. The second-order valence-corrected chi connectivity index (χ2v) is 17.0. The molecular formula is C62H49N3. The first kappa shape index (κ1) is 41.0. The molecule has 0 aliphatic carbocycles. The van der Waals surface area contributed by atoms with Crippen molar-refractivity contribution in [2.24, 2.45) is 0 Å². The molecule has 0 amide bonds. The number of hydrogen-bond donors (Lipinski definition) is 0. The van der Waals surface area contributed by atoms with Gasteiger partial charge in [-0.25, -0.2) is 0 Å². The summed E-state index contributed by atoms with van der Waals surface area (Å²) in [6, 6.07) is 71.4. The molecule has 0 atom stereocenters. The molecule has 0 radical (unpaired) electrons. The molecule has 10 rings (SSSR count). The largest absolute Gasteiger partial charge is 0.256 e. The van der Waals surface area contributed by atoms with E-state index in [9.17, 15) is 0 Å². The van der Waals surface area contributed by atoms with Gasteiger partial charge in [-0.15, -0.1) is 0 Å². The van der Waals surface area contributed by atoms with Gasteiger partial charge < -0.3 is 0 Å². The number of rotatable bonds is 11. The molecule has 10 aromatic rings. The predicted molar refractivity (Wildman–Crippen MR) is 271 cm³/mol. The van der Waals surface area contributed by atoms with Gasteiger partial charge in [0.25, 0.3) is 0 Å². The smallest absolute Gasteiger partial charge is 0.0705 e. The molecule has 0 aliphatic rings. The Morgan fingerprint density at radius 1 is 0.277 bits per heavy atom. The summed E-state index contributed by atoms with van der Waals surface area (Å²) < 4.78 is 0. The van der Waals surface area contributed by atoms with E-state index in [4.69, 9.17) is 15.0 Å². The van der Waals surface area contributed by atoms with Crippen molar-refractivity contribution in [3.05, 3.63) is 247 Å². The van der Waals surface area contributed by atoms with E-state index in [2.05, 4.69) is 215 Å². The van der Waals surface area contributed by atoms with Gasteiger partial charge in [0.1, 0.15) is 0 Å². The quantitative estimate of drug-likeness (QED) is 0.130. The zero-order valence-electron chi connectivity index (χ0n) is 37.0. The molecule has 0 bridgehead atoms. The van der Waals surface area contributed by atoms with Crippen LogP contribution in [0.4, 0.5) is 0 Å². The minimum absolute atomic E-state index is 0.856. The Labute approximate surface area is 382 Å². The lowest BCUT2D eigenvalue weighted by Crippen LogP contribution is -1.99. The number of pyridine rings is 3. The minimum Gasteiger partial charge on any atom is -0.256 e. The van der Waals surface area contributed by atoms with Crippen LogP contribution in [0.3, 0.4) is 0 Å². The van der Waals surface area contributed by atoms with Gasteiger partial charge in [0.05, 0.1) is 17.1 Å². The molecule has 3 aromatic heterocycles. The van der Waals surface area contributed by atoms with Crippen LogP contribution in [0.5, 0.6) is 0 Å². The van der Waals surface area contributed by atoms with Crippen LogP contribution >= 0.6 is 0 Å². The van der Waals surface area contributed by atoms with Crippen LogP contribution in [0, 0.1) is 20.8 Å². The Kier molecular flexibility index (Phi) is 11.6. The van der Waals surface area contributed by atoms with E-state index in [1.165, 1.54) is 61.2 Å². The number of aryl methyl sites for hydroxylation is 5. The molecule has 3 heteroatoms. The average Bonchev–Trinajstić information content (AvgIpc) is 3.36. The van der Waals surface area contributed by atoms with Crippen LogP contribution < -0.4 is 0 Å². The molecule has 0 fully saturated rings. The van der Waals surface area contributed by atoms with E-state index in [0.29, 0.717) is 0 Å². The Hall–Kier alpha value is -8.01. The van der Waals surface area contributed by atoms with E-state index in [0.717, 1.165) is 68.9 Å². The van der Waals surface area contributed by atoms with Crippen molar-refractivity contribution in [2.45, 2.75) is 33.6 Å². The Morgan fingerprint density at radius 2 is 0.677 bits per heavy atom. The van der Waals surface area contributed by atoms with Crippen molar-refractivity contribution in [3.63, 3.8) is 0 Å². The van der Waals surface area contributed by atoms with E-state index in [1.54, 1.807) is 0 Å². The van der Waals surface area contributed by atoms with Crippen molar-refractivity contribution in [1.29, 1.82) is 0 Å². The zero-order valence-corrected chi connectivity index (χ0v) is 37.0. The van der Waals surface area contributed by atoms with Crippen molar-refractivity contribution in [2.75, 3.05) is 0 Å². The standard InChI is InChI=1S/C62H49N3/c1-42-32-62(50-25-17-24-49(37-50)46-18-7-4-8-19-46)63-39-51(42)31-30-45-35-52(54-26-13-15-28-56(54)58-40-64-60(33-43(58)2)47-20-9-5-10-21-47)38-53(36-45)55-27-14-16-29-57(55)59-41-65-61(34-44(59)3)48-22-11-6-12-23-48/h4-29,32-41H,30-31H2,1-3H3. The monoisotopic (exact) mass is 835 g/mol. The maximum absolute atomic E-state index is 5.03. The third-order valence-corrected chi connectivity index (χ3v) is 12.6. The second kappa shape index (κ2) is 18.4. The lowest BCUT2D eigenvalue weighted by Gasteiger charge is -2.18. The van der Waals surface area contributed by atoms with E-state index >= 15 is 0 Å². The minimum atomic E-state index is 0.856. The number of aromatic nitrogens is 3. The third kappa shape index (κ3) is 8.83. The van der Waals surface area contributed by atoms with Crippen LogP contribution in [0.25, 0.3) is 89.4 Å². The number of benzene rings is 7. The molecular weight excluding hydrogens is 787 g/mol. The van der Waals surface area contributed by atoms with Gasteiger partial charge in [-0.05, 0) is 136 Å². The first-order valence-corrected chi connectivity index (χ1v) is 22.4. The highest BCUT2D eigenvalue weighted by Gasteiger charge is 2.17. The first-order chi connectivity index (χ1) is 31.9. The van der Waals surface area contributed by atoms with Crippen LogP contribution in [-0.2, 0) is 12.8 Å². The maximum atomic E-state index is 5.03. The van der Waals surface area contributed by atoms with Crippen molar-refractivity contribution >= 4 is 0 Å². The van der Waals surface area contributed by atoms with Gasteiger partial charge in [-0.2, -0.15) is 0 Å². The van der Waals surface area contributed by atoms with Crippen molar-refractivity contribution in [3.8, 4) is 89.4 Å². The highest BCUT2D eigenvalue weighted by atomic mass is 14.7. The van der Waals surface area contributed by atoms with Crippen molar-refractivity contribution in [1.82, 2.24) is 15.0 Å². The van der Waals surface area contributed by atoms with Crippen LogP contribution in [0.1, 0.15) is 27.8 Å². The van der Waals surface area contributed by atoms with Gasteiger partial charge in [-0.1, -0.05) is 170 Å². The molecule has 0 spiro atoms. The summed E-state index contributed by atoms with van der Waals surface area (Å²) in [6.07, 6.45) is 7.89. The Balaban J connectivity index is 1.03. The highest BCUT2D eigenvalue weighted by Crippen LogP contribution is 2.40. The normalized spacial score (nSPS) is 11.1. The molecule has 3 heterocycles. The fraction of sp³-hybridized carbons (Fsp3) is 0.0806. The molecule has 3 nitrogen and oxygen atoms in total. The lowest BCUT2D eigenvalue weighted by atomic mass is 9.87. The second-order valence-electron chi connectivity index (χ2n) is 17.0. The summed E-state index contributed by atoms with van der Waals surface area (Å²) in [5, 5.41) is 0. The predicted octanol–water partition coefficient (Wildman–Crippen LogP) is 15.9. The molecule has 0 unspecified atom stereocenters. The third-order valence-electron chi connectivity index (χ3n) is 12.6. The first-order valence-electron chi connectivity index (χ1n) is 22.4. The van der Waals surface area contributed by atoms with Crippen LogP contribution in [0.2, 0.25) is 0 Å². The summed E-state index contributed by atoms with van der Waals surface area (Å²) in [6.45, 7) is 6.60. The SMILES string of the molecule is Cc1cc(-c2cccc(-c3ccccc3)c2)ncc1CCc1cc(-c2ccccc2-c2cnc(-c3ccccc3)cc2C)cc(-c2ccccc2-c2cnc(-c3ccccc3)cc2C)c1. The van der Waals surface area contributed by atoms with Crippen LogP contribution in [-0.4, -0.2) is 15.0 Å². The van der Waals surface area contributed by atoms with Gasteiger partial charge >= 0.3 is 0 Å². The molecule has 0 saturated carbocycles. The van der Waals surface area contributed by atoms with Gasteiger partial charge in [0.15, 0.2) is 0 Å². The number of nitrogens with zero attached hydrogens (tertiary/aromatic N) is 3. The molecule has 0 saturated heterocycles. The average molecular weight is 836 g/mol. The number of hydrogen-bond acceptors (Lipinski definition) is 3. The summed E-state index contributed by atoms with van der Waals surface area (Å²) in [5.74, 6) is 0. The van der Waals surface area contributed by atoms with Crippen LogP contribution in [0.15, 0.2) is 219 Å². The summed E-state index contributed by atoms with van der Waals surface area (Å²) in [5.41, 5.74) is 24.1. The fourth-order valence-corrected chi connectivity index (χ4v) is 9.07. The topological polar surface area (TPSA) is 38.7 Å². The fourth-order valence-electron chi connectivity index (χ4n) is 9.07. The van der Waals surface area contributed by atoms with E-state index < -0.39 is 0 Å². The summed E-state index contributed by atoms with van der Waals surface area (Å²) >= 11 is 0. The molecule has 0 N–H and O–H groups in total. The van der Waals surface area contributed by atoms with Gasteiger partial charge in [0, 0.05) is 46.4 Å². The Bertz CT molecular complexity index is 3130. The Morgan fingerprint density at radius 3 is 1.18 bits per heavy atom. The summed E-state index contributed by atoms with van der Waals surface area (Å²) in [7, 11) is 0. The zero-order chi connectivity index (χ0) is 44.1. The van der Waals surface area contributed by atoms with E-state index in [1.807, 2.05) is 24.5 Å². The summed E-state index contributed by atoms with van der Waals surface area (Å²) in [4.78, 5) is 15.0. The lowest BCUT2D eigenvalue weighted by molar-refractivity contribution is 0.939. The van der Waals surface area contributed by atoms with Crippen molar-refractivity contribution < 1.29 is 0 Å². The maximum Gasteiger partial charge on any atom is 0.0705 e. The molecule has 7 aromatic carbocycles. The molecule has 65 heavy (non-hydrogen) atoms. The van der Waals surface area contributed by atoms with E-state index in [-0.39, 0.29) is 0 Å². The van der Waals surface area contributed by atoms with Gasteiger partial charge in [-0.3, -0.25) is 15.0 Å².